The Morgan fingerprint density at radius 3 is 2.50 bits per heavy atom. The smallest absolute Gasteiger partial charge is 0.0928 e. The fraction of sp³-hybridized carbons (Fsp3) is 1.00. The van der Waals surface area contributed by atoms with Crippen LogP contribution in [-0.4, -0.2) is 37.0 Å². The highest BCUT2D eigenvalue weighted by molar-refractivity contribution is 4.58. The molecule has 0 aliphatic rings. The predicted molar refractivity (Wildman–Crippen MR) is 39.5 cm³/mol. The molecule has 0 radical (unpaired) electrons. The van der Waals surface area contributed by atoms with E-state index in [1.54, 1.807) is 0 Å². The van der Waals surface area contributed by atoms with Gasteiger partial charge >= 0.3 is 0 Å². The highest BCUT2D eigenvalue weighted by Gasteiger charge is 2.04. The molecule has 0 heterocycles. The molecular formula is C6H16N2O2. The van der Waals surface area contributed by atoms with Gasteiger partial charge in [0.1, 0.15) is 0 Å². The molecule has 0 spiro atoms. The zero-order valence-corrected chi connectivity index (χ0v) is 6.29. The van der Waals surface area contributed by atoms with Crippen molar-refractivity contribution in [1.29, 1.82) is 0 Å². The van der Waals surface area contributed by atoms with Gasteiger partial charge in [-0.3, -0.25) is 0 Å². The van der Waals surface area contributed by atoms with Gasteiger partial charge in [-0.1, -0.05) is 0 Å². The van der Waals surface area contributed by atoms with Crippen molar-refractivity contribution in [3.63, 3.8) is 0 Å². The molecule has 0 fully saturated rings. The van der Waals surface area contributed by atoms with Crippen LogP contribution in [0.15, 0.2) is 0 Å². The highest BCUT2D eigenvalue weighted by atomic mass is 16.5. The maximum Gasteiger partial charge on any atom is 0.0928 e. The third-order valence-electron chi connectivity index (χ3n) is 1.06. The minimum absolute atomic E-state index is 0.000556. The Kier molecular flexibility index (Phi) is 5.52. The van der Waals surface area contributed by atoms with E-state index in [0.717, 1.165) is 0 Å². The highest BCUT2D eigenvalue weighted by Crippen LogP contribution is 1.88. The van der Waals surface area contributed by atoms with Gasteiger partial charge in [0.25, 0.3) is 0 Å². The van der Waals surface area contributed by atoms with E-state index in [-0.39, 0.29) is 18.8 Å². The molecule has 0 saturated heterocycles. The minimum Gasteiger partial charge on any atom is -0.394 e. The van der Waals surface area contributed by atoms with Crippen molar-refractivity contribution in [2.45, 2.75) is 19.1 Å². The third kappa shape index (κ3) is 4.69. The number of nitrogens with two attached hydrogens (primary N) is 2. The Morgan fingerprint density at radius 1 is 1.60 bits per heavy atom. The molecule has 0 aromatic carbocycles. The van der Waals surface area contributed by atoms with Crippen LogP contribution >= 0.6 is 0 Å². The van der Waals surface area contributed by atoms with Crippen LogP contribution < -0.4 is 11.5 Å². The molecule has 0 saturated carbocycles. The van der Waals surface area contributed by atoms with Gasteiger partial charge in [0, 0.05) is 12.6 Å². The van der Waals surface area contributed by atoms with Crippen LogP contribution in [-0.2, 0) is 4.74 Å². The van der Waals surface area contributed by atoms with E-state index < -0.39 is 0 Å². The lowest BCUT2D eigenvalue weighted by atomic mass is 10.3. The van der Waals surface area contributed by atoms with Crippen LogP contribution in [0.5, 0.6) is 0 Å². The first kappa shape index (κ1) is 9.84. The lowest BCUT2D eigenvalue weighted by molar-refractivity contribution is 0.0141. The van der Waals surface area contributed by atoms with Crippen LogP contribution in [0.2, 0.25) is 0 Å². The second-order valence-corrected chi connectivity index (χ2v) is 2.35. The molecular weight excluding hydrogens is 132 g/mol. The SMILES string of the molecule is CC(N)COC(CN)CO. The first-order chi connectivity index (χ1) is 4.70. The van der Waals surface area contributed by atoms with Crippen molar-refractivity contribution in [3.05, 3.63) is 0 Å². The largest absolute Gasteiger partial charge is 0.394 e. The average Bonchev–Trinajstić information content (AvgIpc) is 1.90. The molecule has 0 rings (SSSR count). The van der Waals surface area contributed by atoms with Crippen molar-refractivity contribution < 1.29 is 9.84 Å². The molecule has 4 heteroatoms. The Labute approximate surface area is 61.2 Å². The Hall–Kier alpha value is -0.160. The van der Waals surface area contributed by atoms with Crippen LogP contribution in [0, 0.1) is 0 Å². The van der Waals surface area contributed by atoms with E-state index in [0.29, 0.717) is 13.2 Å². The zero-order chi connectivity index (χ0) is 7.98. The second kappa shape index (κ2) is 5.61. The summed E-state index contributed by atoms with van der Waals surface area (Å²) >= 11 is 0. The number of hydrogen-bond acceptors (Lipinski definition) is 4. The Morgan fingerprint density at radius 2 is 2.20 bits per heavy atom. The van der Waals surface area contributed by atoms with Gasteiger partial charge in [0.05, 0.1) is 19.3 Å². The molecule has 10 heavy (non-hydrogen) atoms. The third-order valence-corrected chi connectivity index (χ3v) is 1.06. The summed E-state index contributed by atoms with van der Waals surface area (Å²) < 4.78 is 5.10. The molecule has 0 amide bonds. The van der Waals surface area contributed by atoms with Gasteiger partial charge in [-0.15, -0.1) is 0 Å². The summed E-state index contributed by atoms with van der Waals surface area (Å²) in [6.07, 6.45) is -0.258. The Bertz CT molecular complexity index is 74.1. The summed E-state index contributed by atoms with van der Waals surface area (Å²) in [7, 11) is 0. The molecule has 62 valence electrons. The molecule has 4 nitrogen and oxygen atoms in total. The number of aliphatic hydroxyl groups is 1. The normalized spacial score (nSPS) is 16.8. The molecule has 0 aliphatic heterocycles. The predicted octanol–water partition coefficient (Wildman–Crippen LogP) is -1.33. The van der Waals surface area contributed by atoms with Gasteiger partial charge in [0.15, 0.2) is 0 Å². The summed E-state index contributed by atoms with van der Waals surface area (Å²) in [5, 5.41) is 8.59. The van der Waals surface area contributed by atoms with Crippen molar-refractivity contribution in [2.75, 3.05) is 19.8 Å². The molecule has 0 aromatic heterocycles. The van der Waals surface area contributed by atoms with Gasteiger partial charge in [-0.2, -0.15) is 0 Å². The lowest BCUT2D eigenvalue weighted by Gasteiger charge is -2.14. The molecule has 0 bridgehead atoms. The van der Waals surface area contributed by atoms with Crippen molar-refractivity contribution in [2.24, 2.45) is 11.5 Å². The van der Waals surface area contributed by atoms with Gasteiger partial charge < -0.3 is 21.3 Å². The average molecular weight is 148 g/mol. The van der Waals surface area contributed by atoms with E-state index in [1.807, 2.05) is 6.92 Å². The molecule has 2 atom stereocenters. The van der Waals surface area contributed by atoms with Crippen molar-refractivity contribution >= 4 is 0 Å². The molecule has 5 N–H and O–H groups in total. The van der Waals surface area contributed by atoms with Gasteiger partial charge in [0.2, 0.25) is 0 Å². The summed E-state index contributed by atoms with van der Waals surface area (Å²) in [6.45, 7) is 2.58. The number of ether oxygens (including phenoxy) is 1. The first-order valence-electron chi connectivity index (χ1n) is 3.38. The second-order valence-electron chi connectivity index (χ2n) is 2.35. The van der Waals surface area contributed by atoms with Crippen molar-refractivity contribution in [1.82, 2.24) is 0 Å². The summed E-state index contributed by atoms with van der Waals surface area (Å²) in [5.41, 5.74) is 10.6. The molecule has 0 aliphatic carbocycles. The monoisotopic (exact) mass is 148 g/mol. The fourth-order valence-corrected chi connectivity index (χ4v) is 0.483. The van der Waals surface area contributed by atoms with E-state index >= 15 is 0 Å². The van der Waals surface area contributed by atoms with Crippen LogP contribution in [0.4, 0.5) is 0 Å². The quantitative estimate of drug-likeness (QED) is 0.451. The van der Waals surface area contributed by atoms with Gasteiger partial charge in [-0.25, -0.2) is 0 Å². The maximum absolute atomic E-state index is 8.59. The Balaban J connectivity index is 3.26. The topological polar surface area (TPSA) is 81.5 Å². The molecule has 2 unspecified atom stereocenters. The summed E-state index contributed by atoms with van der Waals surface area (Å²) in [4.78, 5) is 0. The van der Waals surface area contributed by atoms with Crippen LogP contribution in [0.25, 0.3) is 0 Å². The van der Waals surface area contributed by atoms with Gasteiger partial charge in [-0.05, 0) is 6.92 Å². The van der Waals surface area contributed by atoms with Crippen molar-refractivity contribution in [3.8, 4) is 0 Å². The number of aliphatic hydroxyl groups excluding tert-OH is 1. The van der Waals surface area contributed by atoms with E-state index in [4.69, 9.17) is 21.3 Å². The fourth-order valence-electron chi connectivity index (χ4n) is 0.483. The number of rotatable bonds is 5. The molecule has 0 aromatic rings. The first-order valence-corrected chi connectivity index (χ1v) is 3.38. The summed E-state index contributed by atoms with van der Waals surface area (Å²) in [5.74, 6) is 0. The standard InChI is InChI=1S/C6H16N2O2/c1-5(8)4-10-6(2-7)3-9/h5-6,9H,2-4,7-8H2,1H3. The lowest BCUT2D eigenvalue weighted by Crippen LogP contribution is -2.32. The maximum atomic E-state index is 8.59. The van der Waals surface area contributed by atoms with Crippen LogP contribution in [0.1, 0.15) is 6.92 Å². The summed E-state index contributed by atoms with van der Waals surface area (Å²) in [6, 6.07) is 0.000556. The zero-order valence-electron chi connectivity index (χ0n) is 6.29. The number of hydrogen-bond donors (Lipinski definition) is 3. The van der Waals surface area contributed by atoms with E-state index in [9.17, 15) is 0 Å². The van der Waals surface area contributed by atoms with E-state index in [1.165, 1.54) is 0 Å². The minimum atomic E-state index is -0.258. The van der Waals surface area contributed by atoms with Crippen LogP contribution in [0.3, 0.4) is 0 Å². The van der Waals surface area contributed by atoms with E-state index in [2.05, 4.69) is 0 Å².